The number of aromatic amines is 1. The third-order valence-corrected chi connectivity index (χ3v) is 6.28. The number of phosphoric ester groups is 1. The summed E-state index contributed by atoms with van der Waals surface area (Å²) in [6.07, 6.45) is -0.777. The predicted octanol–water partition coefficient (Wildman–Crippen LogP) is 1.77. The SMILES string of the molecule is CC[C@H](C)O[P@@]1(=O)OC[C@H]2O[C@@H](n3ccc(=O)[nH]c3=O)[C@](C)(Cl)[C@@H]2O1. The van der Waals surface area contributed by atoms with Gasteiger partial charge in [-0.2, -0.15) is 0 Å². The highest BCUT2D eigenvalue weighted by Crippen LogP contribution is 2.60. The molecule has 25 heavy (non-hydrogen) atoms. The van der Waals surface area contributed by atoms with Gasteiger partial charge in [-0.25, -0.2) is 9.36 Å². The molecule has 0 bridgehead atoms. The van der Waals surface area contributed by atoms with E-state index in [-0.39, 0.29) is 12.7 Å². The van der Waals surface area contributed by atoms with Crippen LogP contribution in [-0.2, 0) is 22.9 Å². The normalized spacial score (nSPS) is 39.1. The molecule has 140 valence electrons. The van der Waals surface area contributed by atoms with Crippen LogP contribution in [-0.4, -0.2) is 39.3 Å². The summed E-state index contributed by atoms with van der Waals surface area (Å²) in [6.45, 7) is 5.20. The first-order valence-electron chi connectivity index (χ1n) is 7.93. The third-order valence-electron chi connectivity index (χ3n) is 4.31. The smallest absolute Gasteiger partial charge is 0.347 e. The van der Waals surface area contributed by atoms with Gasteiger partial charge in [0.25, 0.3) is 5.56 Å². The molecule has 3 heterocycles. The molecule has 0 radical (unpaired) electrons. The highest BCUT2D eigenvalue weighted by atomic mass is 35.5. The van der Waals surface area contributed by atoms with Gasteiger partial charge in [0.15, 0.2) is 6.23 Å². The van der Waals surface area contributed by atoms with Crippen LogP contribution in [0.3, 0.4) is 0 Å². The van der Waals surface area contributed by atoms with Crippen LogP contribution in [0.5, 0.6) is 0 Å². The van der Waals surface area contributed by atoms with E-state index in [2.05, 4.69) is 4.98 Å². The Kier molecular flexibility index (Phi) is 5.00. The van der Waals surface area contributed by atoms with Crippen LogP contribution in [0.4, 0.5) is 0 Å². The number of halogens is 1. The lowest BCUT2D eigenvalue weighted by atomic mass is 10.0. The molecule has 2 fully saturated rings. The van der Waals surface area contributed by atoms with Crippen molar-refractivity contribution in [3.05, 3.63) is 33.1 Å². The topological polar surface area (TPSA) is 109 Å². The Hall–Kier alpha value is -0.960. The standard InChI is InChI=1S/C14H20ClN2O7P/c1-4-8(2)23-25(20)21-7-9-11(24-25)14(3,15)12(22-9)17-6-5-10(18)16-13(17)19/h5-6,8-9,11-12H,4,7H2,1-3H3,(H,16,18,19)/t8-,9+,11+,12+,14+,25+/m0/s1. The lowest BCUT2D eigenvalue weighted by Crippen LogP contribution is -2.45. The molecular weight excluding hydrogens is 375 g/mol. The van der Waals surface area contributed by atoms with Crippen molar-refractivity contribution >= 4 is 19.4 Å². The minimum Gasteiger partial charge on any atom is -0.347 e. The molecule has 2 aliphatic rings. The van der Waals surface area contributed by atoms with Gasteiger partial charge in [0.1, 0.15) is 17.1 Å². The number of phosphoric acid groups is 1. The molecule has 1 N–H and O–H groups in total. The molecule has 2 saturated heterocycles. The van der Waals surface area contributed by atoms with E-state index in [1.807, 2.05) is 6.92 Å². The average molecular weight is 395 g/mol. The van der Waals surface area contributed by atoms with Gasteiger partial charge >= 0.3 is 13.5 Å². The van der Waals surface area contributed by atoms with Crippen LogP contribution >= 0.6 is 19.4 Å². The fourth-order valence-electron chi connectivity index (χ4n) is 2.81. The molecule has 0 unspecified atom stereocenters. The number of H-pyrrole nitrogens is 1. The molecule has 0 saturated carbocycles. The Bertz CT molecular complexity index is 807. The molecule has 0 spiro atoms. The summed E-state index contributed by atoms with van der Waals surface area (Å²) >= 11 is 6.62. The number of rotatable bonds is 4. The number of fused-ring (bicyclic) bond motifs is 1. The quantitative estimate of drug-likeness (QED) is 0.612. The van der Waals surface area contributed by atoms with E-state index >= 15 is 0 Å². The van der Waals surface area contributed by atoms with Crippen molar-refractivity contribution in [3.8, 4) is 0 Å². The number of hydrogen-bond acceptors (Lipinski definition) is 7. The Balaban J connectivity index is 1.88. The highest BCUT2D eigenvalue weighted by molar-refractivity contribution is 7.48. The monoisotopic (exact) mass is 394 g/mol. The Morgan fingerprint density at radius 2 is 2.28 bits per heavy atom. The molecule has 3 rings (SSSR count). The van der Waals surface area contributed by atoms with Gasteiger partial charge in [-0.1, -0.05) is 6.92 Å². The zero-order chi connectivity index (χ0) is 18.4. The number of aromatic nitrogens is 2. The molecule has 1 aromatic rings. The number of hydrogen-bond donors (Lipinski definition) is 1. The largest absolute Gasteiger partial charge is 0.475 e. The highest BCUT2D eigenvalue weighted by Gasteiger charge is 2.60. The number of nitrogens with one attached hydrogen (secondary N) is 1. The van der Waals surface area contributed by atoms with Crippen molar-refractivity contribution in [1.82, 2.24) is 9.55 Å². The molecule has 0 amide bonds. The molecule has 1 aromatic heterocycles. The third kappa shape index (κ3) is 3.49. The van der Waals surface area contributed by atoms with Crippen molar-refractivity contribution in [2.45, 2.75) is 56.6 Å². The fourth-order valence-corrected chi connectivity index (χ4v) is 4.93. The summed E-state index contributed by atoms with van der Waals surface area (Å²) in [6, 6.07) is 1.19. The first-order valence-corrected chi connectivity index (χ1v) is 9.77. The molecule has 6 atom stereocenters. The van der Waals surface area contributed by atoms with Crippen LogP contribution in [0.25, 0.3) is 0 Å². The van der Waals surface area contributed by atoms with E-state index in [1.165, 1.54) is 12.3 Å². The van der Waals surface area contributed by atoms with E-state index < -0.39 is 42.4 Å². The minimum atomic E-state index is -3.78. The second-order valence-electron chi connectivity index (χ2n) is 6.29. The van der Waals surface area contributed by atoms with Gasteiger partial charge < -0.3 is 4.74 Å². The Morgan fingerprint density at radius 3 is 2.92 bits per heavy atom. The second kappa shape index (κ2) is 6.64. The maximum atomic E-state index is 12.7. The van der Waals surface area contributed by atoms with Gasteiger partial charge in [-0.15, -0.1) is 11.6 Å². The molecule has 0 aliphatic carbocycles. The molecule has 2 aliphatic heterocycles. The first kappa shape index (κ1) is 18.8. The predicted molar refractivity (Wildman–Crippen MR) is 88.8 cm³/mol. The first-order chi connectivity index (χ1) is 11.7. The second-order valence-corrected chi connectivity index (χ2v) is 8.68. The van der Waals surface area contributed by atoms with E-state index in [1.54, 1.807) is 13.8 Å². The summed E-state index contributed by atoms with van der Waals surface area (Å²) in [5, 5.41) is 0. The number of alkyl halides is 1. The molecular formula is C14H20ClN2O7P. The van der Waals surface area contributed by atoms with Crippen molar-refractivity contribution in [3.63, 3.8) is 0 Å². The Morgan fingerprint density at radius 1 is 1.56 bits per heavy atom. The van der Waals surface area contributed by atoms with Gasteiger partial charge in [-0.3, -0.25) is 27.9 Å². The van der Waals surface area contributed by atoms with Crippen molar-refractivity contribution in [2.24, 2.45) is 0 Å². The minimum absolute atomic E-state index is 0.0463. The van der Waals surface area contributed by atoms with Crippen LogP contribution in [0.1, 0.15) is 33.4 Å². The van der Waals surface area contributed by atoms with Crippen molar-refractivity contribution < 1.29 is 22.9 Å². The van der Waals surface area contributed by atoms with Crippen LogP contribution in [0.2, 0.25) is 0 Å². The average Bonchev–Trinajstić information content (AvgIpc) is 2.78. The van der Waals surface area contributed by atoms with Crippen molar-refractivity contribution in [2.75, 3.05) is 6.61 Å². The molecule has 11 heteroatoms. The van der Waals surface area contributed by atoms with Crippen LogP contribution in [0, 0.1) is 0 Å². The van der Waals surface area contributed by atoms with E-state index in [0.717, 1.165) is 4.57 Å². The Labute approximate surface area is 148 Å². The van der Waals surface area contributed by atoms with Gasteiger partial charge in [0.2, 0.25) is 0 Å². The zero-order valence-corrected chi connectivity index (χ0v) is 15.7. The van der Waals surface area contributed by atoms with Gasteiger partial charge in [-0.05, 0) is 20.3 Å². The van der Waals surface area contributed by atoms with E-state index in [0.29, 0.717) is 6.42 Å². The van der Waals surface area contributed by atoms with Crippen molar-refractivity contribution in [1.29, 1.82) is 0 Å². The zero-order valence-electron chi connectivity index (χ0n) is 14.0. The molecule has 9 nitrogen and oxygen atoms in total. The fraction of sp³-hybridized carbons (Fsp3) is 0.714. The number of ether oxygens (including phenoxy) is 1. The maximum absolute atomic E-state index is 12.7. The molecule has 0 aromatic carbocycles. The summed E-state index contributed by atoms with van der Waals surface area (Å²) in [4.78, 5) is 24.2. The van der Waals surface area contributed by atoms with Crippen LogP contribution in [0.15, 0.2) is 21.9 Å². The van der Waals surface area contributed by atoms with E-state index in [9.17, 15) is 14.2 Å². The van der Waals surface area contributed by atoms with Crippen LogP contribution < -0.4 is 11.2 Å². The lowest BCUT2D eigenvalue weighted by Gasteiger charge is -2.35. The van der Waals surface area contributed by atoms with Gasteiger partial charge in [0.05, 0.1) is 12.7 Å². The van der Waals surface area contributed by atoms with Gasteiger partial charge in [0, 0.05) is 12.3 Å². The lowest BCUT2D eigenvalue weighted by molar-refractivity contribution is -0.0756. The number of nitrogens with zero attached hydrogens (tertiary/aromatic N) is 1. The summed E-state index contributed by atoms with van der Waals surface area (Å²) < 4.78 is 35.9. The summed E-state index contributed by atoms with van der Waals surface area (Å²) in [5.41, 5.74) is -1.19. The summed E-state index contributed by atoms with van der Waals surface area (Å²) in [5.74, 6) is 0. The van der Waals surface area contributed by atoms with E-state index in [4.69, 9.17) is 29.9 Å². The maximum Gasteiger partial charge on any atom is 0.475 e. The summed E-state index contributed by atoms with van der Waals surface area (Å²) in [7, 11) is -3.78.